The van der Waals surface area contributed by atoms with E-state index in [2.05, 4.69) is 4.98 Å². The van der Waals surface area contributed by atoms with Crippen LogP contribution >= 0.6 is 0 Å². The minimum atomic E-state index is -0.993. The summed E-state index contributed by atoms with van der Waals surface area (Å²) in [7, 11) is 1.89. The van der Waals surface area contributed by atoms with E-state index in [1.807, 2.05) is 17.8 Å². The number of hydrogen-bond donors (Lipinski definition) is 1. The number of carbonyl (C=O) groups excluding carboxylic acids is 1. The van der Waals surface area contributed by atoms with E-state index < -0.39 is 18.2 Å². The van der Waals surface area contributed by atoms with Crippen molar-refractivity contribution in [1.82, 2.24) is 14.5 Å². The molecule has 0 aromatic carbocycles. The van der Waals surface area contributed by atoms with Gasteiger partial charge in [-0.2, -0.15) is 0 Å². The van der Waals surface area contributed by atoms with Gasteiger partial charge in [-0.15, -0.1) is 0 Å². The maximum Gasteiger partial charge on any atom is 0.332 e. The van der Waals surface area contributed by atoms with Gasteiger partial charge in [0.2, 0.25) is 0 Å². The van der Waals surface area contributed by atoms with Crippen molar-refractivity contribution in [2.24, 2.45) is 7.05 Å². The Hall–Kier alpha value is -1.89. The number of amides is 1. The van der Waals surface area contributed by atoms with E-state index in [0.717, 1.165) is 18.7 Å². The fourth-order valence-corrected chi connectivity index (χ4v) is 2.66. The molecule has 1 saturated heterocycles. The van der Waals surface area contributed by atoms with Crippen molar-refractivity contribution in [2.45, 2.75) is 50.5 Å². The molecule has 114 valence electrons. The largest absolute Gasteiger partial charge is 0.479 e. The van der Waals surface area contributed by atoms with Gasteiger partial charge in [-0.1, -0.05) is 0 Å². The second-order valence-corrected chi connectivity index (χ2v) is 5.68. The average Bonchev–Trinajstić information content (AvgIpc) is 3.01. The van der Waals surface area contributed by atoms with Gasteiger partial charge in [0.15, 0.2) is 6.10 Å². The number of carboxylic acid groups (broad SMARTS) is 1. The predicted molar refractivity (Wildman–Crippen MR) is 72.3 cm³/mol. The molecule has 1 aromatic rings. The number of aryl methyl sites for hydroxylation is 1. The Balaban J connectivity index is 1.68. The molecule has 3 rings (SSSR count). The highest BCUT2D eigenvalue weighted by molar-refractivity contribution is 5.83. The van der Waals surface area contributed by atoms with Crippen LogP contribution in [0.5, 0.6) is 0 Å². The normalized spacial score (nSPS) is 25.0. The van der Waals surface area contributed by atoms with Crippen molar-refractivity contribution in [1.29, 1.82) is 0 Å². The van der Waals surface area contributed by atoms with Gasteiger partial charge in [-0.25, -0.2) is 9.78 Å². The Bertz CT molecular complexity index is 552. The fraction of sp³-hybridized carbons (Fsp3) is 0.643. The Kier molecular flexibility index (Phi) is 3.67. The molecule has 0 spiro atoms. The van der Waals surface area contributed by atoms with Gasteiger partial charge in [-0.3, -0.25) is 4.79 Å². The summed E-state index contributed by atoms with van der Waals surface area (Å²) in [4.78, 5) is 29.6. The molecule has 0 bridgehead atoms. The minimum Gasteiger partial charge on any atom is -0.479 e. The molecule has 1 aliphatic heterocycles. The fourth-order valence-electron chi connectivity index (χ4n) is 2.66. The van der Waals surface area contributed by atoms with Crippen molar-refractivity contribution in [3.63, 3.8) is 0 Å². The molecule has 2 heterocycles. The summed E-state index contributed by atoms with van der Waals surface area (Å²) in [5.74, 6) is -0.278. The van der Waals surface area contributed by atoms with E-state index in [1.165, 1.54) is 0 Å². The number of carboxylic acids is 1. The topological polar surface area (TPSA) is 84.7 Å². The van der Waals surface area contributed by atoms with E-state index in [0.29, 0.717) is 19.4 Å². The zero-order chi connectivity index (χ0) is 15.0. The first-order valence-electron chi connectivity index (χ1n) is 7.21. The highest BCUT2D eigenvalue weighted by atomic mass is 16.5. The van der Waals surface area contributed by atoms with E-state index >= 15 is 0 Å². The van der Waals surface area contributed by atoms with Crippen LogP contribution in [0.15, 0.2) is 12.4 Å². The van der Waals surface area contributed by atoms with Crippen LogP contribution in [0.2, 0.25) is 0 Å². The van der Waals surface area contributed by atoms with Crippen LogP contribution in [0.1, 0.15) is 31.5 Å². The molecule has 21 heavy (non-hydrogen) atoms. The Morgan fingerprint density at radius 2 is 2.10 bits per heavy atom. The van der Waals surface area contributed by atoms with Crippen LogP contribution in [-0.4, -0.2) is 49.7 Å². The van der Waals surface area contributed by atoms with Crippen molar-refractivity contribution >= 4 is 11.9 Å². The lowest BCUT2D eigenvalue weighted by Crippen LogP contribution is -2.41. The maximum absolute atomic E-state index is 12.6. The zero-order valence-electron chi connectivity index (χ0n) is 11.9. The SMILES string of the molecule is Cn1ccnc1CN(C(=O)C1CCC(C(=O)O)O1)C1CC1. The summed E-state index contributed by atoms with van der Waals surface area (Å²) in [6, 6.07) is 0.238. The molecule has 2 atom stereocenters. The van der Waals surface area contributed by atoms with Crippen molar-refractivity contribution in [3.05, 3.63) is 18.2 Å². The lowest BCUT2D eigenvalue weighted by atomic mass is 10.1. The molecule has 7 nitrogen and oxygen atoms in total. The third-order valence-corrected chi connectivity index (χ3v) is 4.07. The standard InChI is InChI=1S/C14H19N3O4/c1-16-7-6-15-12(16)8-17(9-2-3-9)13(18)10-4-5-11(21-10)14(19)20/h6-7,9-11H,2-5,8H2,1H3,(H,19,20). The minimum absolute atomic E-state index is 0.107. The highest BCUT2D eigenvalue weighted by Crippen LogP contribution is 2.31. The van der Waals surface area contributed by atoms with Crippen LogP contribution in [0.25, 0.3) is 0 Å². The third kappa shape index (κ3) is 2.92. The van der Waals surface area contributed by atoms with Gasteiger partial charge in [0.25, 0.3) is 5.91 Å². The van der Waals surface area contributed by atoms with E-state index in [1.54, 1.807) is 11.1 Å². The van der Waals surface area contributed by atoms with Gasteiger partial charge in [0.1, 0.15) is 11.9 Å². The van der Waals surface area contributed by atoms with Crippen LogP contribution in [0, 0.1) is 0 Å². The molecular formula is C14H19N3O4. The average molecular weight is 293 g/mol. The molecule has 2 unspecified atom stereocenters. The molecule has 0 radical (unpaired) electrons. The van der Waals surface area contributed by atoms with Crippen LogP contribution in [0.4, 0.5) is 0 Å². The van der Waals surface area contributed by atoms with Gasteiger partial charge in [0.05, 0.1) is 6.54 Å². The summed E-state index contributed by atoms with van der Waals surface area (Å²) in [6.07, 6.45) is 4.91. The maximum atomic E-state index is 12.6. The summed E-state index contributed by atoms with van der Waals surface area (Å²) >= 11 is 0. The van der Waals surface area contributed by atoms with Gasteiger partial charge in [0, 0.05) is 25.5 Å². The summed E-state index contributed by atoms with van der Waals surface area (Å²) < 4.78 is 7.26. The number of rotatable bonds is 5. The number of nitrogens with zero attached hydrogens (tertiary/aromatic N) is 3. The zero-order valence-corrected chi connectivity index (χ0v) is 11.9. The highest BCUT2D eigenvalue weighted by Gasteiger charge is 2.41. The predicted octanol–water partition coefficient (Wildman–Crippen LogP) is 0.543. The van der Waals surface area contributed by atoms with Gasteiger partial charge < -0.3 is 19.3 Å². The lowest BCUT2D eigenvalue weighted by molar-refractivity contribution is -0.155. The summed E-state index contributed by atoms with van der Waals surface area (Å²) in [5.41, 5.74) is 0. The van der Waals surface area contributed by atoms with Crippen molar-refractivity contribution in [2.75, 3.05) is 0 Å². The number of aromatic nitrogens is 2. The first kappa shape index (κ1) is 14.1. The number of carbonyl (C=O) groups is 2. The number of hydrogen-bond acceptors (Lipinski definition) is 4. The van der Waals surface area contributed by atoms with Crippen LogP contribution in [-0.2, 0) is 27.9 Å². The number of imidazole rings is 1. The van der Waals surface area contributed by atoms with Gasteiger partial charge >= 0.3 is 5.97 Å². The Morgan fingerprint density at radius 1 is 1.38 bits per heavy atom. The number of aliphatic carboxylic acids is 1. The smallest absolute Gasteiger partial charge is 0.332 e. The van der Waals surface area contributed by atoms with E-state index in [9.17, 15) is 9.59 Å². The monoisotopic (exact) mass is 293 g/mol. The quantitative estimate of drug-likeness (QED) is 0.856. The molecular weight excluding hydrogens is 274 g/mol. The van der Waals surface area contributed by atoms with Crippen LogP contribution < -0.4 is 0 Å². The summed E-state index contributed by atoms with van der Waals surface area (Å²) in [5, 5.41) is 8.95. The number of ether oxygens (including phenoxy) is 1. The van der Waals surface area contributed by atoms with E-state index in [4.69, 9.17) is 9.84 Å². The Labute approximate surface area is 122 Å². The first-order chi connectivity index (χ1) is 10.1. The van der Waals surface area contributed by atoms with Crippen LogP contribution in [0.3, 0.4) is 0 Å². The lowest BCUT2D eigenvalue weighted by Gasteiger charge is -2.25. The molecule has 2 aliphatic rings. The second kappa shape index (κ2) is 5.48. The van der Waals surface area contributed by atoms with Crippen molar-refractivity contribution < 1.29 is 19.4 Å². The molecule has 1 saturated carbocycles. The molecule has 2 fully saturated rings. The van der Waals surface area contributed by atoms with Crippen molar-refractivity contribution in [3.8, 4) is 0 Å². The van der Waals surface area contributed by atoms with E-state index in [-0.39, 0.29) is 11.9 Å². The third-order valence-electron chi connectivity index (χ3n) is 4.07. The molecule has 1 amide bonds. The second-order valence-electron chi connectivity index (χ2n) is 5.68. The molecule has 7 heteroatoms. The van der Waals surface area contributed by atoms with Gasteiger partial charge in [-0.05, 0) is 25.7 Å². The first-order valence-corrected chi connectivity index (χ1v) is 7.21. The molecule has 1 aromatic heterocycles. The Morgan fingerprint density at radius 3 is 2.62 bits per heavy atom. The molecule has 1 N–H and O–H groups in total. The summed E-state index contributed by atoms with van der Waals surface area (Å²) in [6.45, 7) is 0.449. The molecule has 1 aliphatic carbocycles.